The Balaban J connectivity index is 1.62. The highest BCUT2D eigenvalue weighted by Gasteiger charge is 2.39. The highest BCUT2D eigenvalue weighted by molar-refractivity contribution is 7.80. The van der Waals surface area contributed by atoms with E-state index in [-0.39, 0.29) is 23.4 Å². The predicted molar refractivity (Wildman–Crippen MR) is 114 cm³/mol. The van der Waals surface area contributed by atoms with E-state index in [9.17, 15) is 14.7 Å². The molecule has 28 heavy (non-hydrogen) atoms. The van der Waals surface area contributed by atoms with Crippen molar-refractivity contribution in [2.75, 3.05) is 11.9 Å². The summed E-state index contributed by atoms with van der Waals surface area (Å²) < 4.78 is 0. The number of hydrogen-bond acceptors (Lipinski definition) is 4. The molecule has 0 fully saturated rings. The van der Waals surface area contributed by atoms with Crippen LogP contribution in [0.1, 0.15) is 41.8 Å². The summed E-state index contributed by atoms with van der Waals surface area (Å²) in [6.07, 6.45) is 7.80. The number of Topliss-reactive ketones (excluding diaryl/α,β-unsaturated/α-hetero) is 2. The average molecular weight is 397 g/mol. The molecule has 1 aromatic rings. The van der Waals surface area contributed by atoms with Crippen LogP contribution in [0.15, 0.2) is 54.7 Å². The molecule has 5 nitrogen and oxygen atoms in total. The lowest BCUT2D eigenvalue weighted by Gasteiger charge is -2.34. The van der Waals surface area contributed by atoms with Gasteiger partial charge < -0.3 is 15.7 Å². The largest absolute Gasteiger partial charge is 0.388 e. The lowest BCUT2D eigenvalue weighted by Crippen LogP contribution is -2.34. The topological polar surface area (TPSA) is 78.4 Å². The molecule has 0 aliphatic heterocycles. The summed E-state index contributed by atoms with van der Waals surface area (Å²) in [4.78, 5) is 24.3. The quantitative estimate of drug-likeness (QED) is 0.388. The van der Waals surface area contributed by atoms with E-state index in [4.69, 9.17) is 12.2 Å². The summed E-state index contributed by atoms with van der Waals surface area (Å²) in [5, 5.41) is 17.3. The molecule has 0 radical (unpaired) electrons. The van der Waals surface area contributed by atoms with Gasteiger partial charge >= 0.3 is 0 Å². The van der Waals surface area contributed by atoms with Crippen LogP contribution >= 0.6 is 12.2 Å². The van der Waals surface area contributed by atoms with E-state index in [0.29, 0.717) is 46.9 Å². The zero-order chi connectivity index (χ0) is 20.3. The molecule has 0 saturated heterocycles. The van der Waals surface area contributed by atoms with Crippen molar-refractivity contribution >= 4 is 34.6 Å². The number of carbonyl (C=O) groups excluding carboxylic acids is 2. The Morgan fingerprint density at radius 2 is 2.04 bits per heavy atom. The van der Waals surface area contributed by atoms with Gasteiger partial charge in [0.05, 0.1) is 6.10 Å². The third-order valence-corrected chi connectivity index (χ3v) is 5.33. The van der Waals surface area contributed by atoms with E-state index < -0.39 is 6.10 Å². The number of allylic oxidation sites excluding steroid dienone is 4. The van der Waals surface area contributed by atoms with E-state index in [1.165, 1.54) is 0 Å². The summed E-state index contributed by atoms with van der Waals surface area (Å²) in [5.74, 6) is -0.466. The van der Waals surface area contributed by atoms with Crippen molar-refractivity contribution in [1.82, 2.24) is 5.32 Å². The summed E-state index contributed by atoms with van der Waals surface area (Å²) in [7, 11) is 0. The minimum Gasteiger partial charge on any atom is -0.388 e. The number of ketones is 2. The minimum atomic E-state index is -0.740. The number of benzene rings is 1. The van der Waals surface area contributed by atoms with E-state index >= 15 is 0 Å². The van der Waals surface area contributed by atoms with E-state index in [2.05, 4.69) is 17.2 Å². The van der Waals surface area contributed by atoms with Gasteiger partial charge in [0.25, 0.3) is 0 Å². The van der Waals surface area contributed by atoms with Crippen molar-refractivity contribution < 1.29 is 14.7 Å². The molecule has 0 saturated carbocycles. The molecule has 3 rings (SSSR count). The predicted octanol–water partition coefficient (Wildman–Crippen LogP) is 3.49. The van der Waals surface area contributed by atoms with Crippen LogP contribution in [0.3, 0.4) is 0 Å². The van der Waals surface area contributed by atoms with Crippen molar-refractivity contribution in [2.45, 2.75) is 25.9 Å². The summed E-state index contributed by atoms with van der Waals surface area (Å²) >= 11 is 5.29. The first-order valence-corrected chi connectivity index (χ1v) is 9.74. The smallest absolute Gasteiger partial charge is 0.170 e. The zero-order valence-corrected chi connectivity index (χ0v) is 16.6. The van der Waals surface area contributed by atoms with Gasteiger partial charge in [0.1, 0.15) is 0 Å². The normalized spacial score (nSPS) is 22.2. The van der Waals surface area contributed by atoms with Gasteiger partial charge in [-0.2, -0.15) is 0 Å². The van der Waals surface area contributed by atoms with Crippen molar-refractivity contribution in [1.29, 1.82) is 0 Å². The number of rotatable bonds is 6. The molecule has 3 unspecified atom stereocenters. The van der Waals surface area contributed by atoms with Gasteiger partial charge in [0, 0.05) is 36.1 Å². The van der Waals surface area contributed by atoms with Crippen LogP contribution in [0, 0.1) is 11.8 Å². The number of fused-ring (bicyclic) bond motifs is 2. The lowest BCUT2D eigenvalue weighted by atomic mass is 9.71. The first-order chi connectivity index (χ1) is 13.4. The van der Waals surface area contributed by atoms with Crippen molar-refractivity contribution in [2.24, 2.45) is 11.8 Å². The van der Waals surface area contributed by atoms with Gasteiger partial charge in [-0.05, 0) is 54.9 Å². The SMILES string of the molecule is C=C(C)C(=O)CCCNC(=S)Nc1ccc2c(c1)C(O)C1C=CC=CC1C2=O. The Kier molecular flexibility index (Phi) is 6.21. The second-order valence-corrected chi connectivity index (χ2v) is 7.58. The van der Waals surface area contributed by atoms with Crippen LogP contribution in [0.25, 0.3) is 0 Å². The average Bonchev–Trinajstić information content (AvgIpc) is 2.69. The van der Waals surface area contributed by atoms with Crippen LogP contribution in [0.5, 0.6) is 0 Å². The Labute approximate surface area is 170 Å². The third-order valence-electron chi connectivity index (χ3n) is 5.08. The maximum Gasteiger partial charge on any atom is 0.170 e. The number of aliphatic hydroxyl groups excluding tert-OH is 1. The number of carbonyl (C=O) groups is 2. The van der Waals surface area contributed by atoms with Crippen LogP contribution in [-0.2, 0) is 4.79 Å². The maximum absolute atomic E-state index is 12.7. The number of aliphatic hydroxyl groups is 1. The lowest BCUT2D eigenvalue weighted by molar-refractivity contribution is -0.115. The highest BCUT2D eigenvalue weighted by Crippen LogP contribution is 2.41. The Hall–Kier alpha value is -2.57. The standard InChI is InChI=1S/C22H24N2O3S/c1-13(2)19(25)8-5-11-23-22(28)24-14-9-10-17-18(12-14)21(27)16-7-4-3-6-15(16)20(17)26/h3-4,6-7,9-10,12,15-16,21,27H,1,5,8,11H2,2H3,(H2,23,24,28). The van der Waals surface area contributed by atoms with Crippen LogP contribution in [0.2, 0.25) is 0 Å². The molecule has 6 heteroatoms. The van der Waals surface area contributed by atoms with Gasteiger partial charge in [-0.15, -0.1) is 0 Å². The number of thiocarbonyl (C=S) groups is 1. The fourth-order valence-electron chi connectivity index (χ4n) is 3.52. The highest BCUT2D eigenvalue weighted by atomic mass is 32.1. The molecule has 0 heterocycles. The fraction of sp³-hybridized carbons (Fsp3) is 0.318. The van der Waals surface area contributed by atoms with Gasteiger partial charge in [0.15, 0.2) is 16.7 Å². The molecule has 0 aromatic heterocycles. The van der Waals surface area contributed by atoms with Crippen LogP contribution < -0.4 is 10.6 Å². The second kappa shape index (κ2) is 8.63. The molecule has 0 bridgehead atoms. The number of hydrogen-bond donors (Lipinski definition) is 3. The number of nitrogens with one attached hydrogen (secondary N) is 2. The van der Waals surface area contributed by atoms with E-state index in [0.717, 1.165) is 0 Å². The molecule has 0 spiro atoms. The fourth-order valence-corrected chi connectivity index (χ4v) is 3.74. The van der Waals surface area contributed by atoms with E-state index in [1.54, 1.807) is 25.1 Å². The summed E-state index contributed by atoms with van der Waals surface area (Å²) in [5.41, 5.74) is 2.44. The summed E-state index contributed by atoms with van der Waals surface area (Å²) in [6.45, 7) is 5.91. The summed E-state index contributed by atoms with van der Waals surface area (Å²) in [6, 6.07) is 5.29. The molecule has 2 aliphatic carbocycles. The molecule has 3 atom stereocenters. The molecular formula is C22H24N2O3S. The molecule has 2 aliphatic rings. The first-order valence-electron chi connectivity index (χ1n) is 9.33. The van der Waals surface area contributed by atoms with Gasteiger partial charge in [0.2, 0.25) is 0 Å². The minimum absolute atomic E-state index is 0.0281. The van der Waals surface area contributed by atoms with Gasteiger partial charge in [-0.1, -0.05) is 30.9 Å². The van der Waals surface area contributed by atoms with E-state index in [1.807, 2.05) is 24.3 Å². The van der Waals surface area contributed by atoms with Gasteiger partial charge in [-0.3, -0.25) is 9.59 Å². The second-order valence-electron chi connectivity index (χ2n) is 7.17. The molecular weight excluding hydrogens is 372 g/mol. The van der Waals surface area contributed by atoms with Crippen LogP contribution in [0.4, 0.5) is 5.69 Å². The Bertz CT molecular complexity index is 888. The van der Waals surface area contributed by atoms with Crippen molar-refractivity contribution in [3.63, 3.8) is 0 Å². The molecule has 0 amide bonds. The van der Waals surface area contributed by atoms with Crippen molar-refractivity contribution in [3.8, 4) is 0 Å². The molecule has 146 valence electrons. The van der Waals surface area contributed by atoms with Crippen molar-refractivity contribution in [3.05, 3.63) is 65.8 Å². The van der Waals surface area contributed by atoms with Crippen LogP contribution in [-0.4, -0.2) is 28.3 Å². The maximum atomic E-state index is 12.7. The first kappa shape index (κ1) is 20.2. The molecule has 1 aromatic carbocycles. The van der Waals surface area contributed by atoms with Gasteiger partial charge in [-0.25, -0.2) is 0 Å². The number of anilines is 1. The zero-order valence-electron chi connectivity index (χ0n) is 15.8. The Morgan fingerprint density at radius 1 is 1.29 bits per heavy atom. The molecule has 3 N–H and O–H groups in total. The Morgan fingerprint density at radius 3 is 2.79 bits per heavy atom. The monoisotopic (exact) mass is 396 g/mol. The third kappa shape index (κ3) is 4.29.